The summed E-state index contributed by atoms with van der Waals surface area (Å²) >= 11 is 0. The van der Waals surface area contributed by atoms with Gasteiger partial charge in [0.25, 0.3) is 0 Å². The Kier molecular flexibility index (Phi) is 6.62. The number of benzene rings is 2. The van der Waals surface area contributed by atoms with Gasteiger partial charge in [0.2, 0.25) is 6.41 Å². The Bertz CT molecular complexity index is 802. The highest BCUT2D eigenvalue weighted by atomic mass is 16.5. The molecule has 0 bridgehead atoms. The Morgan fingerprint density at radius 2 is 1.77 bits per heavy atom. The first-order valence-electron chi connectivity index (χ1n) is 9.04. The van der Waals surface area contributed by atoms with Crippen molar-refractivity contribution in [2.45, 2.75) is 47.5 Å². The quantitative estimate of drug-likeness (QED) is 0.642. The van der Waals surface area contributed by atoms with Crippen LogP contribution in [0, 0.1) is 20.8 Å². The minimum absolute atomic E-state index is 0.534. The molecule has 0 aliphatic rings. The van der Waals surface area contributed by atoms with Crippen molar-refractivity contribution in [3.05, 3.63) is 63.7 Å². The summed E-state index contributed by atoms with van der Waals surface area (Å²) in [5.41, 5.74) is 7.65. The van der Waals surface area contributed by atoms with Gasteiger partial charge in [-0.2, -0.15) is 0 Å². The maximum absolute atomic E-state index is 10.8. The summed E-state index contributed by atoms with van der Waals surface area (Å²) in [5.74, 6) is 1.41. The molecule has 26 heavy (non-hydrogen) atoms. The van der Waals surface area contributed by atoms with Crippen molar-refractivity contribution < 1.29 is 9.53 Å². The summed E-state index contributed by atoms with van der Waals surface area (Å²) < 4.78 is 6.04. The molecule has 0 saturated carbocycles. The summed E-state index contributed by atoms with van der Waals surface area (Å²) in [4.78, 5) is 10.8. The van der Waals surface area contributed by atoms with E-state index in [1.54, 1.807) is 0 Å². The zero-order valence-corrected chi connectivity index (χ0v) is 16.6. The van der Waals surface area contributed by atoms with Gasteiger partial charge in [0, 0.05) is 5.69 Å². The van der Waals surface area contributed by atoms with Gasteiger partial charge in [0.1, 0.15) is 12.4 Å². The monoisotopic (exact) mass is 351 g/mol. The summed E-state index contributed by atoms with van der Waals surface area (Å²) in [7, 11) is 0. The summed E-state index contributed by atoms with van der Waals surface area (Å²) in [6, 6.07) is 10.6. The van der Waals surface area contributed by atoms with E-state index in [1.807, 2.05) is 26.8 Å². The second kappa shape index (κ2) is 8.70. The molecule has 0 unspecified atom stereocenters. The van der Waals surface area contributed by atoms with Crippen LogP contribution in [0.3, 0.4) is 0 Å². The van der Waals surface area contributed by atoms with E-state index in [4.69, 9.17) is 4.74 Å². The minimum atomic E-state index is 0.534. The van der Waals surface area contributed by atoms with Gasteiger partial charge in [0.05, 0.1) is 0 Å². The van der Waals surface area contributed by atoms with Crippen molar-refractivity contribution >= 4 is 18.2 Å². The van der Waals surface area contributed by atoms with Crippen molar-refractivity contribution in [1.29, 1.82) is 0 Å². The van der Waals surface area contributed by atoms with Gasteiger partial charge < -0.3 is 10.1 Å². The van der Waals surface area contributed by atoms with Gasteiger partial charge in [0.15, 0.2) is 0 Å². The lowest BCUT2D eigenvalue weighted by atomic mass is 10.0. The second-order valence-corrected chi connectivity index (χ2v) is 7.18. The molecule has 3 heteroatoms. The largest absolute Gasteiger partial charge is 0.489 e. The fourth-order valence-corrected chi connectivity index (χ4v) is 2.97. The number of carbonyl (C=O) groups is 1. The zero-order chi connectivity index (χ0) is 19.3. The van der Waals surface area contributed by atoms with Crippen LogP contribution in [0.1, 0.15) is 54.5 Å². The lowest BCUT2D eigenvalue weighted by molar-refractivity contribution is -0.105. The number of hydrogen-bond acceptors (Lipinski definition) is 2. The first-order valence-corrected chi connectivity index (χ1v) is 9.04. The topological polar surface area (TPSA) is 38.3 Å². The van der Waals surface area contributed by atoms with Crippen LogP contribution in [0.2, 0.25) is 0 Å². The number of hydrogen-bond donors (Lipinski definition) is 1. The van der Waals surface area contributed by atoms with E-state index in [-0.39, 0.29) is 0 Å². The summed E-state index contributed by atoms with van der Waals surface area (Å²) in [6.07, 6.45) is 2.87. The predicted molar refractivity (Wildman–Crippen MR) is 110 cm³/mol. The fourth-order valence-electron chi connectivity index (χ4n) is 2.97. The van der Waals surface area contributed by atoms with E-state index in [9.17, 15) is 4.79 Å². The normalized spacial score (nSPS) is 11.6. The maximum Gasteiger partial charge on any atom is 0.211 e. The van der Waals surface area contributed by atoms with Gasteiger partial charge >= 0.3 is 0 Å². The van der Waals surface area contributed by atoms with Crippen molar-refractivity contribution in [3.63, 3.8) is 0 Å². The molecule has 0 saturated heterocycles. The molecule has 0 spiro atoms. The van der Waals surface area contributed by atoms with E-state index in [1.165, 1.54) is 11.1 Å². The number of rotatable bonds is 7. The standard InChI is InChI=1S/C23H29NO2/c1-15(2)21-9-7-20(8-10-21)11-16(3)13-26-22-12-17(4)23(24-14-25)19(6)18(22)5/h7-12,14-15H,13H2,1-6H3,(H,24,25). The molecule has 1 N–H and O–H groups in total. The molecule has 1 amide bonds. The van der Waals surface area contributed by atoms with Gasteiger partial charge in [-0.1, -0.05) is 44.2 Å². The van der Waals surface area contributed by atoms with E-state index >= 15 is 0 Å². The lowest BCUT2D eigenvalue weighted by Crippen LogP contribution is -2.05. The Hall–Kier alpha value is -2.55. The Morgan fingerprint density at radius 3 is 2.35 bits per heavy atom. The maximum atomic E-state index is 10.8. The number of amides is 1. The van der Waals surface area contributed by atoms with E-state index in [2.05, 4.69) is 56.4 Å². The highest BCUT2D eigenvalue weighted by molar-refractivity contribution is 5.77. The van der Waals surface area contributed by atoms with Gasteiger partial charge in [-0.05, 0) is 73.1 Å². The van der Waals surface area contributed by atoms with Gasteiger partial charge in [-0.15, -0.1) is 0 Å². The van der Waals surface area contributed by atoms with Crippen LogP contribution in [0.4, 0.5) is 5.69 Å². The molecular weight excluding hydrogens is 322 g/mol. The van der Waals surface area contributed by atoms with Crippen molar-refractivity contribution in [2.75, 3.05) is 11.9 Å². The third-order valence-electron chi connectivity index (χ3n) is 4.72. The fraction of sp³-hybridized carbons (Fsp3) is 0.348. The smallest absolute Gasteiger partial charge is 0.211 e. The molecular formula is C23H29NO2. The SMILES string of the molecule is CC(=Cc1ccc(C(C)C)cc1)COc1cc(C)c(NC=O)c(C)c1C. The zero-order valence-electron chi connectivity index (χ0n) is 16.6. The van der Waals surface area contributed by atoms with E-state index < -0.39 is 0 Å². The first-order chi connectivity index (χ1) is 12.3. The molecule has 0 atom stereocenters. The molecule has 2 aromatic carbocycles. The molecule has 0 heterocycles. The number of nitrogens with one attached hydrogen (secondary N) is 1. The van der Waals surface area contributed by atoms with Crippen LogP contribution in [-0.4, -0.2) is 13.0 Å². The van der Waals surface area contributed by atoms with E-state index in [0.29, 0.717) is 18.9 Å². The first kappa shape index (κ1) is 19.8. The Balaban J connectivity index is 2.11. The van der Waals surface area contributed by atoms with Gasteiger partial charge in [-0.3, -0.25) is 4.79 Å². The number of ether oxygens (including phenoxy) is 1. The average molecular weight is 351 g/mol. The molecule has 0 aromatic heterocycles. The van der Waals surface area contributed by atoms with Crippen molar-refractivity contribution in [1.82, 2.24) is 0 Å². The minimum Gasteiger partial charge on any atom is -0.489 e. The molecule has 138 valence electrons. The Morgan fingerprint density at radius 1 is 1.12 bits per heavy atom. The van der Waals surface area contributed by atoms with Crippen molar-refractivity contribution in [2.24, 2.45) is 0 Å². The molecule has 2 rings (SSSR count). The highest BCUT2D eigenvalue weighted by Gasteiger charge is 2.11. The third kappa shape index (κ3) is 4.75. The predicted octanol–water partition coefficient (Wildman–Crippen LogP) is 5.79. The highest BCUT2D eigenvalue weighted by Crippen LogP contribution is 2.31. The van der Waals surface area contributed by atoms with Crippen LogP contribution in [0.15, 0.2) is 35.9 Å². The molecule has 0 aliphatic carbocycles. The van der Waals surface area contributed by atoms with Crippen LogP contribution >= 0.6 is 0 Å². The van der Waals surface area contributed by atoms with Crippen LogP contribution in [0.25, 0.3) is 6.08 Å². The lowest BCUT2D eigenvalue weighted by Gasteiger charge is -2.17. The molecule has 3 nitrogen and oxygen atoms in total. The third-order valence-corrected chi connectivity index (χ3v) is 4.72. The summed E-state index contributed by atoms with van der Waals surface area (Å²) in [6.45, 7) is 13.0. The summed E-state index contributed by atoms with van der Waals surface area (Å²) in [5, 5.41) is 2.77. The van der Waals surface area contributed by atoms with Crippen LogP contribution in [0.5, 0.6) is 5.75 Å². The van der Waals surface area contributed by atoms with Gasteiger partial charge in [-0.25, -0.2) is 0 Å². The molecule has 0 fully saturated rings. The second-order valence-electron chi connectivity index (χ2n) is 7.18. The molecule has 0 radical (unpaired) electrons. The Labute approximate surface area is 157 Å². The number of aryl methyl sites for hydroxylation is 1. The molecule has 0 aliphatic heterocycles. The number of anilines is 1. The van der Waals surface area contributed by atoms with Crippen LogP contribution in [-0.2, 0) is 4.79 Å². The van der Waals surface area contributed by atoms with Crippen LogP contribution < -0.4 is 10.1 Å². The van der Waals surface area contributed by atoms with Crippen molar-refractivity contribution in [3.8, 4) is 5.75 Å². The molecule has 2 aromatic rings. The average Bonchev–Trinajstić information content (AvgIpc) is 2.61. The van der Waals surface area contributed by atoms with E-state index in [0.717, 1.165) is 33.7 Å². The number of carbonyl (C=O) groups excluding carboxylic acids is 1.